The Balaban J connectivity index is 1.67. The molecule has 0 amide bonds. The van der Waals surface area contributed by atoms with Gasteiger partial charge in [0.15, 0.2) is 0 Å². The van der Waals surface area contributed by atoms with E-state index in [1.165, 1.54) is 12.3 Å². The Morgan fingerprint density at radius 2 is 2.07 bits per heavy atom. The average molecular weight is 486 g/mol. The summed E-state index contributed by atoms with van der Waals surface area (Å²) < 4.78 is 33.0. The van der Waals surface area contributed by atoms with Gasteiger partial charge in [-0.2, -0.15) is 5.26 Å². The minimum Gasteiger partial charge on any atom is -0.422 e. The van der Waals surface area contributed by atoms with Crippen molar-refractivity contribution in [1.82, 2.24) is 4.98 Å². The van der Waals surface area contributed by atoms with Crippen LogP contribution in [-0.4, -0.2) is 4.98 Å². The van der Waals surface area contributed by atoms with Gasteiger partial charge in [-0.05, 0) is 36.4 Å². The molecule has 0 saturated heterocycles. The molecule has 2 aromatic heterocycles. The summed E-state index contributed by atoms with van der Waals surface area (Å²) in [5.74, 6) is -1.49. The van der Waals surface area contributed by atoms with Crippen LogP contribution >= 0.6 is 27.3 Å². The molecule has 2 heterocycles. The highest BCUT2D eigenvalue weighted by atomic mass is 79.9. The summed E-state index contributed by atoms with van der Waals surface area (Å²) in [7, 11) is 0. The molecule has 0 unspecified atom stereocenters. The van der Waals surface area contributed by atoms with Gasteiger partial charge < -0.3 is 9.73 Å². The number of rotatable bonds is 4. The van der Waals surface area contributed by atoms with E-state index in [4.69, 9.17) is 4.42 Å². The number of hydrogen-bond acceptors (Lipinski definition) is 6. The largest absolute Gasteiger partial charge is 0.422 e. The highest BCUT2D eigenvalue weighted by molar-refractivity contribution is 9.10. The standard InChI is InChI=1S/C21H10BrF2N3O2S/c22-13-1-4-19-11(5-13)6-15(21(28)29-19)18-10-30-20(27-18)12(8-25)9-26-17-3-2-14(23)7-16(17)24/h1-7,9-10,26H/b12-9+. The van der Waals surface area contributed by atoms with Crippen molar-refractivity contribution in [2.75, 3.05) is 5.32 Å². The molecule has 0 aliphatic rings. The SMILES string of the molecule is N#C/C(=C\Nc1ccc(F)cc1F)c1nc(-c2cc3cc(Br)ccc3oc2=O)cs1. The lowest BCUT2D eigenvalue weighted by atomic mass is 10.1. The monoisotopic (exact) mass is 485 g/mol. The van der Waals surface area contributed by atoms with Crippen LogP contribution in [0.3, 0.4) is 0 Å². The maximum atomic E-state index is 13.8. The van der Waals surface area contributed by atoms with Crippen molar-refractivity contribution >= 4 is 49.5 Å². The van der Waals surface area contributed by atoms with Crippen LogP contribution in [-0.2, 0) is 0 Å². The molecule has 148 valence electrons. The fourth-order valence-corrected chi connectivity index (χ4v) is 3.86. The van der Waals surface area contributed by atoms with Crippen molar-refractivity contribution in [2.24, 2.45) is 0 Å². The van der Waals surface area contributed by atoms with Crippen LogP contribution < -0.4 is 10.9 Å². The molecular formula is C21H10BrF2N3O2S. The second kappa shape index (κ2) is 8.18. The van der Waals surface area contributed by atoms with Crippen LogP contribution in [0.2, 0.25) is 0 Å². The number of nitrogens with zero attached hydrogens (tertiary/aromatic N) is 2. The first-order chi connectivity index (χ1) is 14.4. The minimum absolute atomic E-state index is 0.0154. The molecule has 30 heavy (non-hydrogen) atoms. The molecule has 0 radical (unpaired) electrons. The molecule has 0 bridgehead atoms. The lowest BCUT2D eigenvalue weighted by molar-refractivity contribution is 0.563. The predicted octanol–water partition coefficient (Wildman–Crippen LogP) is 5.93. The normalized spacial score (nSPS) is 11.5. The molecule has 0 fully saturated rings. The summed E-state index contributed by atoms with van der Waals surface area (Å²) in [6.45, 7) is 0. The Morgan fingerprint density at radius 3 is 2.83 bits per heavy atom. The van der Waals surface area contributed by atoms with Crippen molar-refractivity contribution in [1.29, 1.82) is 5.26 Å². The highest BCUT2D eigenvalue weighted by Crippen LogP contribution is 2.27. The Bertz CT molecular complexity index is 1410. The molecule has 0 aliphatic heterocycles. The van der Waals surface area contributed by atoms with Crippen molar-refractivity contribution in [3.63, 3.8) is 0 Å². The zero-order valence-electron chi connectivity index (χ0n) is 14.9. The van der Waals surface area contributed by atoms with Crippen LogP contribution in [0.25, 0.3) is 27.8 Å². The van der Waals surface area contributed by atoms with Gasteiger partial charge in [0.1, 0.15) is 33.9 Å². The van der Waals surface area contributed by atoms with Crippen LogP contribution in [0, 0.1) is 23.0 Å². The molecular weight excluding hydrogens is 476 g/mol. The summed E-state index contributed by atoms with van der Waals surface area (Å²) in [5, 5.41) is 14.8. The van der Waals surface area contributed by atoms with E-state index in [-0.39, 0.29) is 16.8 Å². The summed E-state index contributed by atoms with van der Waals surface area (Å²) >= 11 is 4.53. The molecule has 0 aliphatic carbocycles. The zero-order chi connectivity index (χ0) is 21.3. The smallest absolute Gasteiger partial charge is 0.345 e. The van der Waals surface area contributed by atoms with Gasteiger partial charge in [0.2, 0.25) is 0 Å². The zero-order valence-corrected chi connectivity index (χ0v) is 17.4. The molecule has 0 spiro atoms. The number of nitriles is 1. The van der Waals surface area contributed by atoms with E-state index in [1.54, 1.807) is 23.6 Å². The van der Waals surface area contributed by atoms with Gasteiger partial charge in [-0.3, -0.25) is 0 Å². The van der Waals surface area contributed by atoms with Crippen LogP contribution in [0.4, 0.5) is 14.5 Å². The van der Waals surface area contributed by atoms with Crippen LogP contribution in [0.5, 0.6) is 0 Å². The number of fused-ring (bicyclic) bond motifs is 1. The number of aromatic nitrogens is 1. The van der Waals surface area contributed by atoms with Crippen molar-refractivity contribution in [3.05, 3.63) is 85.6 Å². The predicted molar refractivity (Wildman–Crippen MR) is 115 cm³/mol. The Morgan fingerprint density at radius 1 is 1.23 bits per heavy atom. The summed E-state index contributed by atoms with van der Waals surface area (Å²) in [4.78, 5) is 16.7. The minimum atomic E-state index is -0.789. The van der Waals surface area contributed by atoms with Crippen LogP contribution in [0.1, 0.15) is 5.01 Å². The third kappa shape index (κ3) is 4.01. The third-order valence-electron chi connectivity index (χ3n) is 4.13. The van der Waals surface area contributed by atoms with Gasteiger partial charge in [0, 0.05) is 27.5 Å². The molecule has 4 rings (SSSR count). The molecule has 2 aromatic carbocycles. The first-order valence-electron chi connectivity index (χ1n) is 8.46. The third-order valence-corrected chi connectivity index (χ3v) is 5.50. The second-order valence-electron chi connectivity index (χ2n) is 6.11. The number of allylic oxidation sites excluding steroid dienone is 1. The maximum absolute atomic E-state index is 13.8. The van der Waals surface area contributed by atoms with Gasteiger partial charge in [-0.15, -0.1) is 11.3 Å². The van der Waals surface area contributed by atoms with Gasteiger partial charge >= 0.3 is 5.63 Å². The molecule has 9 heteroatoms. The van der Waals surface area contributed by atoms with Crippen molar-refractivity contribution in [2.45, 2.75) is 0 Å². The fourth-order valence-electron chi connectivity index (χ4n) is 2.69. The van der Waals surface area contributed by atoms with Crippen LogP contribution in [0.15, 0.2) is 67.7 Å². The molecule has 0 saturated carbocycles. The maximum Gasteiger partial charge on any atom is 0.345 e. The number of hydrogen-bond donors (Lipinski definition) is 1. The lowest BCUT2D eigenvalue weighted by Crippen LogP contribution is -2.03. The quantitative estimate of drug-likeness (QED) is 0.286. The molecule has 1 N–H and O–H groups in total. The van der Waals surface area contributed by atoms with Crippen molar-refractivity contribution < 1.29 is 13.2 Å². The average Bonchev–Trinajstić information content (AvgIpc) is 3.19. The van der Waals surface area contributed by atoms with Gasteiger partial charge in [0.05, 0.1) is 16.9 Å². The summed E-state index contributed by atoms with van der Waals surface area (Å²) in [6, 6.07) is 12.0. The van der Waals surface area contributed by atoms with E-state index in [0.717, 1.165) is 33.3 Å². The Hall–Kier alpha value is -3.35. The summed E-state index contributed by atoms with van der Waals surface area (Å²) in [6.07, 6.45) is 1.28. The number of nitrogens with one attached hydrogen (secondary N) is 1. The highest BCUT2D eigenvalue weighted by Gasteiger charge is 2.14. The molecule has 0 atom stereocenters. The van der Waals surface area contributed by atoms with E-state index in [9.17, 15) is 18.8 Å². The van der Waals surface area contributed by atoms with Gasteiger partial charge in [-0.1, -0.05) is 15.9 Å². The molecule has 4 aromatic rings. The number of anilines is 1. The fraction of sp³-hybridized carbons (Fsp3) is 0. The Labute approximate surface area is 181 Å². The van der Waals surface area contributed by atoms with Gasteiger partial charge in [-0.25, -0.2) is 18.6 Å². The van der Waals surface area contributed by atoms with E-state index in [1.807, 2.05) is 12.1 Å². The first-order valence-corrected chi connectivity index (χ1v) is 10.1. The number of halogens is 3. The van der Waals surface area contributed by atoms with E-state index < -0.39 is 17.3 Å². The van der Waals surface area contributed by atoms with Gasteiger partial charge in [0.25, 0.3) is 0 Å². The topological polar surface area (TPSA) is 78.9 Å². The number of benzene rings is 2. The molecule has 5 nitrogen and oxygen atoms in total. The van der Waals surface area contributed by atoms with E-state index >= 15 is 0 Å². The first kappa shape index (κ1) is 19.9. The summed E-state index contributed by atoms with van der Waals surface area (Å²) in [5.41, 5.74) is 0.670. The number of thiazole rings is 1. The Kier molecular flexibility index (Phi) is 5.44. The lowest BCUT2D eigenvalue weighted by Gasteiger charge is -2.03. The second-order valence-corrected chi connectivity index (χ2v) is 7.88. The van der Waals surface area contributed by atoms with E-state index in [2.05, 4.69) is 26.2 Å². The van der Waals surface area contributed by atoms with Crippen molar-refractivity contribution in [3.8, 4) is 17.3 Å². The van der Waals surface area contributed by atoms with E-state index in [0.29, 0.717) is 16.3 Å².